The van der Waals surface area contributed by atoms with Crippen molar-refractivity contribution in [2.45, 2.75) is 24.7 Å². The molecule has 3 rings (SSSR count). The molecule has 2 aromatic heterocycles. The lowest BCUT2D eigenvalue weighted by Crippen LogP contribution is -2.29. The first kappa shape index (κ1) is 18.1. The van der Waals surface area contributed by atoms with Gasteiger partial charge in [-0.25, -0.2) is 8.42 Å². The molecule has 0 bridgehead atoms. The van der Waals surface area contributed by atoms with E-state index in [1.54, 1.807) is 13.1 Å². The Bertz CT molecular complexity index is 760. The molecule has 1 N–H and O–H groups in total. The van der Waals surface area contributed by atoms with Crippen LogP contribution >= 0.6 is 0 Å². The van der Waals surface area contributed by atoms with Gasteiger partial charge in [0.05, 0.1) is 6.20 Å². The maximum atomic E-state index is 12.5. The summed E-state index contributed by atoms with van der Waals surface area (Å²) in [6.45, 7) is 2.41. The molecule has 0 aromatic carbocycles. The second-order valence-electron chi connectivity index (χ2n) is 5.39. The van der Waals surface area contributed by atoms with Gasteiger partial charge < -0.3 is 9.63 Å². The smallest absolute Gasteiger partial charge is 0.290 e. The van der Waals surface area contributed by atoms with Gasteiger partial charge >= 0.3 is 0 Å². The highest BCUT2D eigenvalue weighted by Gasteiger charge is 2.34. The summed E-state index contributed by atoms with van der Waals surface area (Å²) in [5.41, 5.74) is 1.00. The van der Waals surface area contributed by atoms with E-state index >= 15 is 0 Å². The van der Waals surface area contributed by atoms with Crippen LogP contribution in [0.15, 0.2) is 40.0 Å². The first-order chi connectivity index (χ1) is 11.5. The van der Waals surface area contributed by atoms with Crippen LogP contribution in [0, 0.1) is 12.8 Å². The summed E-state index contributed by atoms with van der Waals surface area (Å²) in [4.78, 5) is 12.8. The normalized spacial score (nSPS) is 18.0. The number of sulfonamides is 1. The van der Waals surface area contributed by atoms with Crippen LogP contribution in [-0.4, -0.2) is 47.5 Å². The van der Waals surface area contributed by atoms with Crippen LogP contribution in [0.3, 0.4) is 0 Å². The Morgan fingerprint density at radius 2 is 2.21 bits per heavy atom. The van der Waals surface area contributed by atoms with Gasteiger partial charge in [0.2, 0.25) is 10.0 Å². The van der Waals surface area contributed by atoms with Crippen LogP contribution in [0.1, 0.15) is 17.9 Å². The molecule has 2 aromatic rings. The van der Waals surface area contributed by atoms with Crippen LogP contribution in [-0.2, 0) is 21.2 Å². The van der Waals surface area contributed by atoms with Gasteiger partial charge in [-0.3, -0.25) is 9.78 Å². The summed E-state index contributed by atoms with van der Waals surface area (Å²) in [6.07, 6.45) is 4.69. The minimum absolute atomic E-state index is 0.168. The predicted molar refractivity (Wildman–Crippen MR) is 84.7 cm³/mol. The lowest BCUT2D eigenvalue weighted by molar-refractivity contribution is -0.122. The number of rotatable bonds is 4. The molecular formula is C15H19N3O5S. The predicted octanol–water partition coefficient (Wildman–Crippen LogP) is 1.33. The fourth-order valence-electron chi connectivity index (χ4n) is 2.67. The average molecular weight is 353 g/mol. The average Bonchev–Trinajstić information content (AvgIpc) is 3.19. The molecule has 0 spiro atoms. The molecule has 1 atom stereocenters. The molecule has 0 aliphatic carbocycles. The van der Waals surface area contributed by atoms with Crippen molar-refractivity contribution >= 4 is 16.5 Å². The third kappa shape index (κ3) is 4.18. The third-order valence-corrected chi connectivity index (χ3v) is 5.76. The van der Waals surface area contributed by atoms with E-state index in [2.05, 4.69) is 10.1 Å². The number of aryl methyl sites for hydroxylation is 1. The molecule has 130 valence electrons. The Hall–Kier alpha value is -2.26. The third-order valence-electron chi connectivity index (χ3n) is 3.80. The van der Waals surface area contributed by atoms with E-state index in [-0.39, 0.29) is 11.4 Å². The van der Waals surface area contributed by atoms with Crippen molar-refractivity contribution in [1.82, 2.24) is 14.4 Å². The Labute approximate surface area is 140 Å². The Morgan fingerprint density at radius 3 is 2.79 bits per heavy atom. The van der Waals surface area contributed by atoms with Crippen molar-refractivity contribution in [2.24, 2.45) is 5.92 Å². The first-order valence-corrected chi connectivity index (χ1v) is 8.82. The summed E-state index contributed by atoms with van der Waals surface area (Å²) in [5.74, 6) is 0.637. The molecule has 1 aliphatic rings. The summed E-state index contributed by atoms with van der Waals surface area (Å²) >= 11 is 0. The maximum Gasteiger partial charge on any atom is 0.290 e. The van der Waals surface area contributed by atoms with Gasteiger partial charge in [-0.2, -0.15) is 4.31 Å². The quantitative estimate of drug-likeness (QED) is 0.825. The summed E-state index contributed by atoms with van der Waals surface area (Å²) in [5, 5.41) is 10.4. The van der Waals surface area contributed by atoms with Crippen molar-refractivity contribution in [2.75, 3.05) is 13.1 Å². The molecule has 0 saturated carbocycles. The standard InChI is InChI=1S/C14H17N3O3S.CH2O2/c1-11-14(9-16-20-11)21(18,19)17-7-5-12(10-17)8-13-4-2-3-6-15-13;2-1-3/h2-4,6,9,12H,5,7-8,10H2,1H3;1H,(H,2,3). The zero-order chi connectivity index (χ0) is 17.6. The van der Waals surface area contributed by atoms with Gasteiger partial charge in [-0.05, 0) is 37.8 Å². The van der Waals surface area contributed by atoms with Gasteiger partial charge in [0, 0.05) is 25.0 Å². The molecule has 1 unspecified atom stereocenters. The van der Waals surface area contributed by atoms with Crippen LogP contribution < -0.4 is 0 Å². The van der Waals surface area contributed by atoms with Crippen molar-refractivity contribution in [1.29, 1.82) is 0 Å². The number of nitrogens with zero attached hydrogens (tertiary/aromatic N) is 3. The molecule has 9 heteroatoms. The Balaban J connectivity index is 0.000000647. The highest BCUT2D eigenvalue weighted by atomic mass is 32.2. The zero-order valence-electron chi connectivity index (χ0n) is 13.2. The summed E-state index contributed by atoms with van der Waals surface area (Å²) in [6, 6.07) is 5.80. The molecule has 24 heavy (non-hydrogen) atoms. The highest BCUT2D eigenvalue weighted by Crippen LogP contribution is 2.27. The molecule has 3 heterocycles. The fraction of sp³-hybridized carbons (Fsp3) is 0.400. The van der Waals surface area contributed by atoms with E-state index in [0.29, 0.717) is 24.8 Å². The van der Waals surface area contributed by atoms with Crippen LogP contribution in [0.2, 0.25) is 0 Å². The lowest BCUT2D eigenvalue weighted by atomic mass is 10.0. The number of hydrogen-bond donors (Lipinski definition) is 1. The molecule has 0 amide bonds. The number of aromatic nitrogens is 2. The molecule has 1 aliphatic heterocycles. The molecule has 8 nitrogen and oxygen atoms in total. The maximum absolute atomic E-state index is 12.5. The second-order valence-corrected chi connectivity index (χ2v) is 7.30. The lowest BCUT2D eigenvalue weighted by Gasteiger charge is -2.15. The van der Waals surface area contributed by atoms with Gasteiger partial charge in [0.1, 0.15) is 4.90 Å². The van der Waals surface area contributed by atoms with Crippen LogP contribution in [0.4, 0.5) is 0 Å². The number of carboxylic acid groups (broad SMARTS) is 1. The van der Waals surface area contributed by atoms with E-state index in [1.165, 1.54) is 10.5 Å². The monoisotopic (exact) mass is 353 g/mol. The molecule has 0 radical (unpaired) electrons. The Kier molecular flexibility index (Phi) is 6.04. The molecular weight excluding hydrogens is 334 g/mol. The number of pyridine rings is 1. The van der Waals surface area contributed by atoms with Crippen molar-refractivity contribution in [3.8, 4) is 0 Å². The number of hydrogen-bond acceptors (Lipinski definition) is 6. The Morgan fingerprint density at radius 1 is 1.46 bits per heavy atom. The van der Waals surface area contributed by atoms with Gasteiger partial charge in [-0.15, -0.1) is 0 Å². The topological polar surface area (TPSA) is 114 Å². The van der Waals surface area contributed by atoms with E-state index in [9.17, 15) is 8.42 Å². The number of carbonyl (C=O) groups is 1. The molecule has 1 saturated heterocycles. The van der Waals surface area contributed by atoms with E-state index < -0.39 is 10.0 Å². The van der Waals surface area contributed by atoms with Gasteiger partial charge in [0.25, 0.3) is 6.47 Å². The summed E-state index contributed by atoms with van der Waals surface area (Å²) in [7, 11) is -3.49. The SMILES string of the molecule is Cc1oncc1S(=O)(=O)N1CCC(Cc2ccccn2)C1.O=CO. The van der Waals surface area contributed by atoms with E-state index in [4.69, 9.17) is 14.4 Å². The van der Waals surface area contributed by atoms with Crippen molar-refractivity contribution < 1.29 is 22.8 Å². The largest absolute Gasteiger partial charge is 0.483 e. The minimum Gasteiger partial charge on any atom is -0.483 e. The summed E-state index contributed by atoms with van der Waals surface area (Å²) < 4.78 is 31.4. The van der Waals surface area contributed by atoms with Crippen molar-refractivity contribution in [3.05, 3.63) is 42.0 Å². The van der Waals surface area contributed by atoms with Gasteiger partial charge in [0.15, 0.2) is 5.76 Å². The minimum atomic E-state index is -3.49. The highest BCUT2D eigenvalue weighted by molar-refractivity contribution is 7.89. The van der Waals surface area contributed by atoms with Crippen molar-refractivity contribution in [3.63, 3.8) is 0 Å². The zero-order valence-corrected chi connectivity index (χ0v) is 14.0. The van der Waals surface area contributed by atoms with Gasteiger partial charge in [-0.1, -0.05) is 11.2 Å². The van der Waals surface area contributed by atoms with Crippen LogP contribution in [0.25, 0.3) is 0 Å². The molecule has 1 fully saturated rings. The second kappa shape index (κ2) is 8.02. The fourth-order valence-corrected chi connectivity index (χ4v) is 4.28. The van der Waals surface area contributed by atoms with Crippen LogP contribution in [0.5, 0.6) is 0 Å². The first-order valence-electron chi connectivity index (χ1n) is 7.38. The van der Waals surface area contributed by atoms with E-state index in [0.717, 1.165) is 18.5 Å². The van der Waals surface area contributed by atoms with E-state index in [1.807, 2.05) is 18.2 Å².